The van der Waals surface area contributed by atoms with Gasteiger partial charge in [-0.05, 0) is 37.9 Å². The summed E-state index contributed by atoms with van der Waals surface area (Å²) in [5.41, 5.74) is 1.78. The van der Waals surface area contributed by atoms with Gasteiger partial charge in [0.15, 0.2) is 0 Å². The average molecular weight is 298 g/mol. The summed E-state index contributed by atoms with van der Waals surface area (Å²) in [6, 6.07) is 17.4. The molecule has 0 bridgehead atoms. The Morgan fingerprint density at radius 2 is 1.86 bits per heavy atom. The van der Waals surface area contributed by atoms with Crippen LogP contribution in [0.4, 0.5) is 0 Å². The molecule has 0 aliphatic rings. The van der Waals surface area contributed by atoms with Gasteiger partial charge < -0.3 is 15.0 Å². The summed E-state index contributed by atoms with van der Waals surface area (Å²) < 4.78 is 5.15. The van der Waals surface area contributed by atoms with E-state index in [1.54, 1.807) is 19.2 Å². The summed E-state index contributed by atoms with van der Waals surface area (Å²) in [5.74, 6) is 0.585. The maximum absolute atomic E-state index is 12.3. The Morgan fingerprint density at radius 1 is 1.14 bits per heavy atom. The zero-order valence-electron chi connectivity index (χ0n) is 13.2. The van der Waals surface area contributed by atoms with Gasteiger partial charge in [-0.1, -0.05) is 36.4 Å². The molecule has 4 nitrogen and oxygen atoms in total. The van der Waals surface area contributed by atoms with Crippen molar-refractivity contribution in [3.05, 3.63) is 65.7 Å². The molecule has 0 spiro atoms. The standard InChI is InChI=1S/C18H22N2O2/c1-20(2)17(14-8-5-4-6-9-14)13-19-18(21)15-10-7-11-16(12-15)22-3/h4-12,17H,13H2,1-3H3,(H,19,21). The molecule has 0 aliphatic heterocycles. The lowest BCUT2D eigenvalue weighted by Gasteiger charge is -2.25. The number of hydrogen-bond acceptors (Lipinski definition) is 3. The fourth-order valence-electron chi connectivity index (χ4n) is 2.33. The molecule has 0 saturated carbocycles. The number of benzene rings is 2. The summed E-state index contributed by atoms with van der Waals surface area (Å²) in [7, 11) is 5.61. The molecule has 0 aliphatic carbocycles. The highest BCUT2D eigenvalue weighted by Gasteiger charge is 2.15. The van der Waals surface area contributed by atoms with Gasteiger partial charge in [0.2, 0.25) is 0 Å². The number of nitrogens with one attached hydrogen (secondary N) is 1. The van der Waals surface area contributed by atoms with E-state index in [2.05, 4.69) is 22.3 Å². The van der Waals surface area contributed by atoms with E-state index < -0.39 is 0 Å². The van der Waals surface area contributed by atoms with Crippen LogP contribution >= 0.6 is 0 Å². The van der Waals surface area contributed by atoms with Crippen LogP contribution in [0.2, 0.25) is 0 Å². The first-order chi connectivity index (χ1) is 10.6. The molecular weight excluding hydrogens is 276 g/mol. The highest BCUT2D eigenvalue weighted by Crippen LogP contribution is 2.17. The Morgan fingerprint density at radius 3 is 2.50 bits per heavy atom. The number of methoxy groups -OCH3 is 1. The molecule has 1 atom stereocenters. The van der Waals surface area contributed by atoms with Gasteiger partial charge in [-0.25, -0.2) is 0 Å². The van der Waals surface area contributed by atoms with Crippen molar-refractivity contribution >= 4 is 5.91 Å². The number of carbonyl (C=O) groups excluding carboxylic acids is 1. The monoisotopic (exact) mass is 298 g/mol. The largest absolute Gasteiger partial charge is 0.497 e. The minimum atomic E-state index is -0.0957. The van der Waals surface area contributed by atoms with Crippen molar-refractivity contribution < 1.29 is 9.53 Å². The van der Waals surface area contributed by atoms with Crippen molar-refractivity contribution in [1.29, 1.82) is 0 Å². The molecule has 4 heteroatoms. The molecule has 0 heterocycles. The topological polar surface area (TPSA) is 41.6 Å². The number of likely N-dealkylation sites (N-methyl/N-ethyl adjacent to an activating group) is 1. The summed E-state index contributed by atoms with van der Waals surface area (Å²) in [6.07, 6.45) is 0. The third-order valence-electron chi connectivity index (χ3n) is 3.60. The van der Waals surface area contributed by atoms with Crippen molar-refractivity contribution in [3.8, 4) is 5.75 Å². The fourth-order valence-corrected chi connectivity index (χ4v) is 2.33. The molecule has 0 aromatic heterocycles. The Labute approximate surface area is 131 Å². The van der Waals surface area contributed by atoms with E-state index in [1.165, 1.54) is 5.56 Å². The lowest BCUT2D eigenvalue weighted by Crippen LogP contribution is -2.34. The van der Waals surface area contributed by atoms with Gasteiger partial charge >= 0.3 is 0 Å². The molecule has 116 valence electrons. The quantitative estimate of drug-likeness (QED) is 0.891. The van der Waals surface area contributed by atoms with E-state index >= 15 is 0 Å². The van der Waals surface area contributed by atoms with Crippen LogP contribution in [0.3, 0.4) is 0 Å². The second-order valence-electron chi connectivity index (χ2n) is 5.33. The van der Waals surface area contributed by atoms with E-state index in [4.69, 9.17) is 4.74 Å². The smallest absolute Gasteiger partial charge is 0.251 e. The van der Waals surface area contributed by atoms with Crippen LogP contribution in [0.5, 0.6) is 5.75 Å². The van der Waals surface area contributed by atoms with Crippen LogP contribution in [-0.4, -0.2) is 38.6 Å². The number of ether oxygens (including phenoxy) is 1. The molecular formula is C18H22N2O2. The van der Waals surface area contributed by atoms with E-state index in [0.29, 0.717) is 17.9 Å². The molecule has 2 aromatic carbocycles. The van der Waals surface area contributed by atoms with E-state index in [-0.39, 0.29) is 11.9 Å². The van der Waals surface area contributed by atoms with Gasteiger partial charge in [0.1, 0.15) is 5.75 Å². The summed E-state index contributed by atoms with van der Waals surface area (Å²) in [5, 5.41) is 2.99. The number of rotatable bonds is 6. The van der Waals surface area contributed by atoms with Crippen molar-refractivity contribution in [2.75, 3.05) is 27.7 Å². The molecule has 0 radical (unpaired) electrons. The normalized spacial score (nSPS) is 12.0. The van der Waals surface area contributed by atoms with Crippen LogP contribution in [0.25, 0.3) is 0 Å². The molecule has 2 rings (SSSR count). The Bertz CT molecular complexity index is 611. The highest BCUT2D eigenvalue weighted by atomic mass is 16.5. The van der Waals surface area contributed by atoms with Gasteiger partial charge in [0.25, 0.3) is 5.91 Å². The van der Waals surface area contributed by atoms with Crippen molar-refractivity contribution in [3.63, 3.8) is 0 Å². The number of nitrogens with zero attached hydrogens (tertiary/aromatic N) is 1. The lowest BCUT2D eigenvalue weighted by atomic mass is 10.1. The van der Waals surface area contributed by atoms with Crippen LogP contribution in [0, 0.1) is 0 Å². The van der Waals surface area contributed by atoms with Crippen LogP contribution < -0.4 is 10.1 Å². The van der Waals surface area contributed by atoms with Gasteiger partial charge in [-0.3, -0.25) is 4.79 Å². The molecule has 22 heavy (non-hydrogen) atoms. The lowest BCUT2D eigenvalue weighted by molar-refractivity contribution is 0.0941. The Hall–Kier alpha value is -2.33. The number of amides is 1. The molecule has 1 unspecified atom stereocenters. The molecule has 0 fully saturated rings. The first-order valence-corrected chi connectivity index (χ1v) is 7.25. The van der Waals surface area contributed by atoms with Crippen molar-refractivity contribution in [2.45, 2.75) is 6.04 Å². The van der Waals surface area contributed by atoms with E-state index in [0.717, 1.165) is 0 Å². The third kappa shape index (κ3) is 4.09. The fraction of sp³-hybridized carbons (Fsp3) is 0.278. The Balaban J connectivity index is 2.04. The number of hydrogen-bond donors (Lipinski definition) is 1. The molecule has 1 amide bonds. The summed E-state index contributed by atoms with van der Waals surface area (Å²) >= 11 is 0. The van der Waals surface area contributed by atoms with Crippen LogP contribution in [0.1, 0.15) is 22.0 Å². The zero-order chi connectivity index (χ0) is 15.9. The van der Waals surface area contributed by atoms with E-state index in [9.17, 15) is 4.79 Å². The van der Waals surface area contributed by atoms with Crippen molar-refractivity contribution in [2.24, 2.45) is 0 Å². The van der Waals surface area contributed by atoms with Gasteiger partial charge in [0.05, 0.1) is 13.2 Å². The summed E-state index contributed by atoms with van der Waals surface area (Å²) in [4.78, 5) is 14.4. The number of carbonyl (C=O) groups is 1. The predicted molar refractivity (Wildman–Crippen MR) is 88.2 cm³/mol. The molecule has 2 aromatic rings. The first-order valence-electron chi connectivity index (χ1n) is 7.25. The van der Waals surface area contributed by atoms with Crippen molar-refractivity contribution in [1.82, 2.24) is 10.2 Å². The van der Waals surface area contributed by atoms with Gasteiger partial charge in [-0.15, -0.1) is 0 Å². The zero-order valence-corrected chi connectivity index (χ0v) is 13.2. The molecule has 1 N–H and O–H groups in total. The maximum atomic E-state index is 12.3. The third-order valence-corrected chi connectivity index (χ3v) is 3.60. The van der Waals surface area contributed by atoms with Crippen LogP contribution in [0.15, 0.2) is 54.6 Å². The average Bonchev–Trinajstić information content (AvgIpc) is 2.55. The Kier molecular flexibility index (Phi) is 5.55. The first kappa shape index (κ1) is 16.0. The second kappa shape index (κ2) is 7.61. The molecule has 0 saturated heterocycles. The van der Waals surface area contributed by atoms with E-state index in [1.807, 2.05) is 44.4 Å². The summed E-state index contributed by atoms with van der Waals surface area (Å²) in [6.45, 7) is 0.549. The maximum Gasteiger partial charge on any atom is 0.251 e. The minimum Gasteiger partial charge on any atom is -0.497 e. The minimum absolute atomic E-state index is 0.0957. The van der Waals surface area contributed by atoms with Crippen LogP contribution in [-0.2, 0) is 0 Å². The van der Waals surface area contributed by atoms with Gasteiger partial charge in [-0.2, -0.15) is 0 Å². The highest BCUT2D eigenvalue weighted by molar-refractivity contribution is 5.94. The second-order valence-corrected chi connectivity index (χ2v) is 5.33. The SMILES string of the molecule is COc1cccc(C(=O)NCC(c2ccccc2)N(C)C)c1. The van der Waals surface area contributed by atoms with Gasteiger partial charge in [0, 0.05) is 12.1 Å². The predicted octanol–water partition coefficient (Wildman–Crippen LogP) is 2.73.